The molecule has 6 rings (SSSR count). The number of nitrogens with two attached hydrogens (primary N) is 1. The van der Waals surface area contributed by atoms with Crippen molar-refractivity contribution in [3.8, 4) is 5.69 Å². The van der Waals surface area contributed by atoms with E-state index in [1.165, 1.54) is 24.8 Å². The van der Waals surface area contributed by atoms with Gasteiger partial charge in [0.1, 0.15) is 10.7 Å². The van der Waals surface area contributed by atoms with Gasteiger partial charge in [0.25, 0.3) is 0 Å². The Hall–Kier alpha value is -3.03. The molecule has 37 heavy (non-hydrogen) atoms. The first-order chi connectivity index (χ1) is 17.4. The highest BCUT2D eigenvalue weighted by atomic mass is 32.2. The summed E-state index contributed by atoms with van der Waals surface area (Å²) < 4.78 is 84.3. The van der Waals surface area contributed by atoms with Gasteiger partial charge in [-0.15, -0.1) is 0 Å². The van der Waals surface area contributed by atoms with E-state index in [9.17, 15) is 26.0 Å². The summed E-state index contributed by atoms with van der Waals surface area (Å²) >= 11 is 0. The molecule has 0 unspecified atom stereocenters. The summed E-state index contributed by atoms with van der Waals surface area (Å²) in [6.45, 7) is -0.421. The van der Waals surface area contributed by atoms with Crippen LogP contribution in [0.3, 0.4) is 0 Å². The van der Waals surface area contributed by atoms with Gasteiger partial charge in [0, 0.05) is 25.2 Å². The molecule has 2 atom stereocenters. The van der Waals surface area contributed by atoms with Crippen molar-refractivity contribution in [3.63, 3.8) is 0 Å². The number of hydrogen-bond donors (Lipinski definition) is 1. The Morgan fingerprint density at radius 2 is 1.95 bits per heavy atom. The van der Waals surface area contributed by atoms with Gasteiger partial charge >= 0.3 is 6.18 Å². The first-order valence-corrected chi connectivity index (χ1v) is 13.2. The van der Waals surface area contributed by atoms with Crippen molar-refractivity contribution >= 4 is 16.1 Å². The number of hydrogen-bond acceptors (Lipinski definition) is 5. The number of aromatic nitrogens is 4. The quantitative estimate of drug-likeness (QED) is 0.384. The van der Waals surface area contributed by atoms with Crippen LogP contribution in [0.1, 0.15) is 36.2 Å². The average Bonchev–Trinajstić information content (AvgIpc) is 3.19. The summed E-state index contributed by atoms with van der Waals surface area (Å²) in [5.74, 6) is -0.339. The summed E-state index contributed by atoms with van der Waals surface area (Å²) in [6.07, 6.45) is 2.62. The van der Waals surface area contributed by atoms with E-state index in [-0.39, 0.29) is 17.8 Å². The highest BCUT2D eigenvalue weighted by Crippen LogP contribution is 2.78. The Morgan fingerprint density at radius 3 is 2.62 bits per heavy atom. The largest absolute Gasteiger partial charge is 0.436 e. The topological polar surface area (TPSA) is 99.0 Å². The van der Waals surface area contributed by atoms with Crippen LogP contribution in [0, 0.1) is 16.6 Å². The van der Waals surface area contributed by atoms with E-state index in [0.29, 0.717) is 12.8 Å². The second kappa shape index (κ2) is 7.74. The minimum absolute atomic E-state index is 0.0246. The molecule has 3 aromatic rings. The summed E-state index contributed by atoms with van der Waals surface area (Å²) in [5.41, 5.74) is 7.49. The van der Waals surface area contributed by atoms with Gasteiger partial charge in [0.2, 0.25) is 10.0 Å². The van der Waals surface area contributed by atoms with Crippen molar-refractivity contribution in [2.24, 2.45) is 23.6 Å². The van der Waals surface area contributed by atoms with Gasteiger partial charge in [-0.3, -0.25) is 4.68 Å². The van der Waals surface area contributed by atoms with E-state index < -0.39 is 38.9 Å². The maximum atomic E-state index is 13.5. The highest BCUT2D eigenvalue weighted by molar-refractivity contribution is 7.89. The van der Waals surface area contributed by atoms with Crippen molar-refractivity contribution in [1.29, 1.82) is 0 Å². The molecule has 196 valence electrons. The average molecular weight is 537 g/mol. The lowest BCUT2D eigenvalue weighted by molar-refractivity contribution is -0.143. The van der Waals surface area contributed by atoms with Gasteiger partial charge < -0.3 is 5.73 Å². The van der Waals surface area contributed by atoms with Gasteiger partial charge in [-0.25, -0.2) is 17.5 Å². The number of nitrogens with zero attached hydrogens (tertiary/aromatic N) is 5. The Kier molecular flexibility index (Phi) is 5.09. The molecule has 0 bridgehead atoms. The number of benzene rings is 1. The monoisotopic (exact) mass is 536 g/mol. The number of halogens is 4. The summed E-state index contributed by atoms with van der Waals surface area (Å²) in [4.78, 5) is -0.890. The van der Waals surface area contributed by atoms with Crippen molar-refractivity contribution < 1.29 is 26.0 Å². The minimum Gasteiger partial charge on any atom is -0.317 e. The molecule has 0 aliphatic heterocycles. The van der Waals surface area contributed by atoms with E-state index >= 15 is 0 Å². The molecule has 8 nitrogen and oxygen atoms in total. The number of fused-ring (bicyclic) bond motifs is 1. The summed E-state index contributed by atoms with van der Waals surface area (Å²) in [7, 11) is -3.30. The molecule has 3 aliphatic carbocycles. The number of sulfonamides is 1. The maximum absolute atomic E-state index is 13.5. The van der Waals surface area contributed by atoms with Crippen LogP contribution in [-0.2, 0) is 29.7 Å². The molecule has 13 heteroatoms. The number of allylic oxidation sites excluding steroid dienone is 1. The van der Waals surface area contributed by atoms with Crippen LogP contribution in [-0.4, -0.2) is 45.5 Å². The van der Waals surface area contributed by atoms with Crippen LogP contribution in [0.4, 0.5) is 17.6 Å². The summed E-state index contributed by atoms with van der Waals surface area (Å²) in [6, 6.07) is 6.05. The van der Waals surface area contributed by atoms with Crippen molar-refractivity contribution in [2.45, 2.75) is 36.8 Å². The van der Waals surface area contributed by atoms with Crippen LogP contribution in [0.5, 0.6) is 0 Å². The predicted molar refractivity (Wildman–Crippen MR) is 125 cm³/mol. The van der Waals surface area contributed by atoms with Gasteiger partial charge in [0.05, 0.1) is 24.2 Å². The Bertz CT molecular complexity index is 1540. The molecule has 0 radical (unpaired) electrons. The molecule has 2 aromatic heterocycles. The zero-order chi connectivity index (χ0) is 26.4. The molecule has 1 aromatic carbocycles. The standard InChI is InChI=1S/C24H24F4N6O2S/c1-32-11-20(21(31-32)24(26,27)28)37(35,36)33(14-29)13-22-7-6-16-8-19-15(9-23(16,22)12-22)10-30-34(19)18-4-2-17(25)3-5-18/h2-5,8,10-11H,6-7,9,12-14,29H2,1H3/t22-,23+/m0/s1. The normalized spacial score (nSPS) is 24.6. The Morgan fingerprint density at radius 1 is 1.22 bits per heavy atom. The first kappa shape index (κ1) is 24.3. The second-order valence-electron chi connectivity index (χ2n) is 10.1. The lowest BCUT2D eigenvalue weighted by Gasteiger charge is -2.28. The molecular weight excluding hydrogens is 512 g/mol. The third-order valence-corrected chi connectivity index (χ3v) is 9.96. The van der Waals surface area contributed by atoms with Crippen molar-refractivity contribution in [2.75, 3.05) is 13.2 Å². The van der Waals surface area contributed by atoms with Crippen molar-refractivity contribution in [3.05, 3.63) is 65.0 Å². The van der Waals surface area contributed by atoms with Gasteiger partial charge in [-0.2, -0.15) is 27.7 Å². The van der Waals surface area contributed by atoms with Crippen LogP contribution in [0.2, 0.25) is 0 Å². The van der Waals surface area contributed by atoms with Crippen LogP contribution < -0.4 is 5.73 Å². The van der Waals surface area contributed by atoms with E-state index in [1.807, 2.05) is 0 Å². The Balaban J connectivity index is 1.31. The molecule has 2 saturated carbocycles. The fourth-order valence-electron chi connectivity index (χ4n) is 6.32. The van der Waals surface area contributed by atoms with E-state index in [2.05, 4.69) is 16.3 Å². The number of aryl methyl sites for hydroxylation is 1. The molecular formula is C24H24F4N6O2S. The SMILES string of the molecule is Cn1cc(S(=O)(=O)N(CN)C[C@@]23CCC4=Cc5c(cnn5-c5ccc(F)cc5)C[C@@]42C3)c(C(F)(F)F)n1. The van der Waals surface area contributed by atoms with Gasteiger partial charge in [-0.05, 0) is 67.0 Å². The molecule has 3 aliphatic rings. The Labute approximate surface area is 210 Å². The lowest BCUT2D eigenvalue weighted by Crippen LogP contribution is -2.41. The van der Waals surface area contributed by atoms with E-state index in [0.717, 1.165) is 45.0 Å². The van der Waals surface area contributed by atoms with Gasteiger partial charge in [0.15, 0.2) is 5.69 Å². The highest BCUT2D eigenvalue weighted by Gasteiger charge is 2.72. The number of rotatable bonds is 6. The minimum atomic E-state index is -4.92. The van der Waals surface area contributed by atoms with Crippen LogP contribution in [0.25, 0.3) is 11.8 Å². The van der Waals surface area contributed by atoms with Crippen LogP contribution in [0.15, 0.2) is 47.1 Å². The number of alkyl halides is 3. The van der Waals surface area contributed by atoms with Gasteiger partial charge in [-0.1, -0.05) is 5.57 Å². The third-order valence-electron chi connectivity index (χ3n) is 8.14. The van der Waals surface area contributed by atoms with Crippen LogP contribution >= 0.6 is 0 Å². The molecule has 2 heterocycles. The fraction of sp³-hybridized carbons (Fsp3) is 0.417. The second-order valence-corrected chi connectivity index (χ2v) is 12.0. The van der Waals surface area contributed by atoms with E-state index in [4.69, 9.17) is 5.73 Å². The fourth-order valence-corrected chi connectivity index (χ4v) is 7.90. The predicted octanol–water partition coefficient (Wildman–Crippen LogP) is 3.48. The zero-order valence-electron chi connectivity index (χ0n) is 19.8. The smallest absolute Gasteiger partial charge is 0.317 e. The first-order valence-electron chi connectivity index (χ1n) is 11.8. The molecule has 1 spiro atoms. The molecule has 2 fully saturated rings. The maximum Gasteiger partial charge on any atom is 0.436 e. The van der Waals surface area contributed by atoms with Crippen molar-refractivity contribution in [1.82, 2.24) is 23.9 Å². The third kappa shape index (κ3) is 3.51. The van der Waals surface area contributed by atoms with E-state index in [1.54, 1.807) is 23.0 Å². The molecule has 2 N–H and O–H groups in total. The lowest BCUT2D eigenvalue weighted by atomic mass is 9.82. The zero-order valence-corrected chi connectivity index (χ0v) is 20.7. The summed E-state index contributed by atoms with van der Waals surface area (Å²) in [5, 5.41) is 7.85. The molecule has 0 saturated heterocycles. The molecule has 0 amide bonds.